The van der Waals surface area contributed by atoms with Crippen LogP contribution in [0.1, 0.15) is 58.1 Å². The van der Waals surface area contributed by atoms with Crippen molar-refractivity contribution in [2.24, 2.45) is 5.92 Å². The number of H-pyrrole nitrogens is 1. The first-order valence-electron chi connectivity index (χ1n) is 12.5. The van der Waals surface area contributed by atoms with Crippen LogP contribution >= 0.6 is 0 Å². The first-order valence-corrected chi connectivity index (χ1v) is 12.5. The molecule has 0 atom stereocenters. The summed E-state index contributed by atoms with van der Waals surface area (Å²) in [6.07, 6.45) is 5.07. The number of aryl methyl sites for hydroxylation is 2. The van der Waals surface area contributed by atoms with Gasteiger partial charge in [-0.2, -0.15) is 5.10 Å². The van der Waals surface area contributed by atoms with E-state index in [9.17, 15) is 0 Å². The van der Waals surface area contributed by atoms with Crippen LogP contribution in [0.25, 0.3) is 22.2 Å². The lowest BCUT2D eigenvalue weighted by atomic mass is 10.0. The van der Waals surface area contributed by atoms with Crippen molar-refractivity contribution in [2.45, 2.75) is 59.8 Å². The van der Waals surface area contributed by atoms with Crippen LogP contribution in [0.15, 0.2) is 36.4 Å². The summed E-state index contributed by atoms with van der Waals surface area (Å²) in [5.41, 5.74) is 5.66. The highest BCUT2D eigenvalue weighted by molar-refractivity contribution is 5.93. The Hall–Kier alpha value is -2.37. The third-order valence-electron chi connectivity index (χ3n) is 5.71. The molecule has 0 aliphatic carbocycles. The van der Waals surface area contributed by atoms with E-state index in [4.69, 9.17) is 14.2 Å². The number of ether oxygens (including phenoxy) is 3. The van der Waals surface area contributed by atoms with E-state index in [1.165, 1.54) is 11.1 Å². The molecule has 2 aromatic carbocycles. The predicted molar refractivity (Wildman–Crippen MR) is 136 cm³/mol. The van der Waals surface area contributed by atoms with E-state index in [0.717, 1.165) is 79.8 Å². The molecule has 0 aliphatic rings. The zero-order valence-corrected chi connectivity index (χ0v) is 20.8. The molecule has 0 aliphatic heterocycles. The van der Waals surface area contributed by atoms with Crippen LogP contribution in [0.3, 0.4) is 0 Å². The Morgan fingerprint density at radius 1 is 0.879 bits per heavy atom. The summed E-state index contributed by atoms with van der Waals surface area (Å²) in [5, 5.41) is 8.99. The SMILES string of the molecule is CCCOCCCc1cc(OCCOCCC(C)C)cc(-c2n[nH]c3ccc(CC)cc23)c1. The monoisotopic (exact) mass is 452 g/mol. The molecule has 0 fully saturated rings. The molecule has 180 valence electrons. The summed E-state index contributed by atoms with van der Waals surface area (Å²) in [6.45, 7) is 12.3. The molecule has 1 aromatic heterocycles. The Balaban J connectivity index is 1.75. The van der Waals surface area contributed by atoms with Gasteiger partial charge in [0.25, 0.3) is 0 Å². The van der Waals surface area contributed by atoms with Crippen molar-refractivity contribution in [1.29, 1.82) is 0 Å². The normalized spacial score (nSPS) is 11.5. The van der Waals surface area contributed by atoms with Crippen LogP contribution in [0.2, 0.25) is 0 Å². The molecule has 0 amide bonds. The maximum absolute atomic E-state index is 6.10. The number of aromatic nitrogens is 2. The fraction of sp³-hybridized carbons (Fsp3) is 0.536. The number of aromatic amines is 1. The third-order valence-corrected chi connectivity index (χ3v) is 5.71. The molecule has 5 heteroatoms. The summed E-state index contributed by atoms with van der Waals surface area (Å²) in [5.74, 6) is 1.52. The van der Waals surface area contributed by atoms with Crippen LogP contribution in [0, 0.1) is 5.92 Å². The van der Waals surface area contributed by atoms with Gasteiger partial charge in [0.1, 0.15) is 18.1 Å². The lowest BCUT2D eigenvalue weighted by Gasteiger charge is -2.12. The van der Waals surface area contributed by atoms with Gasteiger partial charge in [-0.15, -0.1) is 0 Å². The van der Waals surface area contributed by atoms with Gasteiger partial charge >= 0.3 is 0 Å². The Bertz CT molecular complexity index is 980. The highest BCUT2D eigenvalue weighted by atomic mass is 16.5. The molecule has 0 radical (unpaired) electrons. The van der Waals surface area contributed by atoms with E-state index in [1.54, 1.807) is 0 Å². The Morgan fingerprint density at radius 2 is 1.73 bits per heavy atom. The maximum atomic E-state index is 6.10. The Labute approximate surface area is 198 Å². The zero-order chi connectivity index (χ0) is 23.5. The van der Waals surface area contributed by atoms with E-state index in [1.807, 2.05) is 0 Å². The largest absolute Gasteiger partial charge is 0.491 e. The fourth-order valence-corrected chi connectivity index (χ4v) is 3.79. The second-order valence-corrected chi connectivity index (χ2v) is 9.03. The van der Waals surface area contributed by atoms with Crippen LogP contribution in [-0.4, -0.2) is 43.2 Å². The smallest absolute Gasteiger partial charge is 0.120 e. The Morgan fingerprint density at radius 3 is 2.52 bits per heavy atom. The van der Waals surface area contributed by atoms with Crippen LogP contribution in [0.4, 0.5) is 0 Å². The average molecular weight is 453 g/mol. The minimum absolute atomic E-state index is 0.544. The first kappa shape index (κ1) is 25.3. The molecule has 0 unspecified atom stereocenters. The molecule has 0 saturated heterocycles. The zero-order valence-electron chi connectivity index (χ0n) is 20.8. The Kier molecular flexibility index (Phi) is 10.2. The van der Waals surface area contributed by atoms with E-state index in [2.05, 4.69) is 74.3 Å². The quantitative estimate of drug-likeness (QED) is 0.264. The minimum Gasteiger partial charge on any atom is -0.491 e. The summed E-state index contributed by atoms with van der Waals surface area (Å²) >= 11 is 0. The number of rotatable bonds is 15. The second kappa shape index (κ2) is 13.4. The average Bonchev–Trinajstić information content (AvgIpc) is 3.24. The highest BCUT2D eigenvalue weighted by Crippen LogP contribution is 2.31. The summed E-state index contributed by atoms with van der Waals surface area (Å²) < 4.78 is 17.5. The lowest BCUT2D eigenvalue weighted by molar-refractivity contribution is 0.0925. The molecule has 1 heterocycles. The van der Waals surface area contributed by atoms with Gasteiger partial charge < -0.3 is 14.2 Å². The number of nitrogens with one attached hydrogen (secondary N) is 1. The van der Waals surface area contributed by atoms with Crippen LogP contribution < -0.4 is 4.74 Å². The number of benzene rings is 2. The number of nitrogens with zero attached hydrogens (tertiary/aromatic N) is 1. The fourth-order valence-electron chi connectivity index (χ4n) is 3.79. The number of fused-ring (bicyclic) bond motifs is 1. The van der Waals surface area contributed by atoms with Gasteiger partial charge in [-0.25, -0.2) is 0 Å². The summed E-state index contributed by atoms with van der Waals surface area (Å²) in [4.78, 5) is 0. The van der Waals surface area contributed by atoms with Crippen LogP contribution in [-0.2, 0) is 22.3 Å². The van der Waals surface area contributed by atoms with Crippen molar-refractivity contribution in [2.75, 3.05) is 33.0 Å². The van der Waals surface area contributed by atoms with E-state index in [-0.39, 0.29) is 0 Å². The maximum Gasteiger partial charge on any atom is 0.120 e. The van der Waals surface area contributed by atoms with Crippen molar-refractivity contribution >= 4 is 10.9 Å². The molecule has 3 aromatic rings. The van der Waals surface area contributed by atoms with Gasteiger partial charge in [0, 0.05) is 30.8 Å². The predicted octanol–water partition coefficient (Wildman–Crippen LogP) is 6.59. The van der Waals surface area contributed by atoms with Crippen molar-refractivity contribution in [3.05, 3.63) is 47.5 Å². The van der Waals surface area contributed by atoms with E-state index >= 15 is 0 Å². The lowest BCUT2D eigenvalue weighted by Crippen LogP contribution is -2.09. The van der Waals surface area contributed by atoms with Gasteiger partial charge in [0.2, 0.25) is 0 Å². The van der Waals surface area contributed by atoms with Crippen molar-refractivity contribution in [3.8, 4) is 17.0 Å². The minimum atomic E-state index is 0.544. The van der Waals surface area contributed by atoms with Gasteiger partial charge in [0.05, 0.1) is 12.1 Å². The topological polar surface area (TPSA) is 56.4 Å². The summed E-state index contributed by atoms with van der Waals surface area (Å²) in [7, 11) is 0. The molecule has 5 nitrogen and oxygen atoms in total. The molecule has 3 rings (SSSR count). The number of hydrogen-bond acceptors (Lipinski definition) is 4. The molecule has 0 bridgehead atoms. The van der Waals surface area contributed by atoms with Crippen molar-refractivity contribution < 1.29 is 14.2 Å². The molecule has 33 heavy (non-hydrogen) atoms. The second-order valence-electron chi connectivity index (χ2n) is 9.03. The molecule has 0 saturated carbocycles. The molecular weight excluding hydrogens is 412 g/mol. The van der Waals surface area contributed by atoms with Gasteiger partial charge in [-0.1, -0.05) is 33.8 Å². The van der Waals surface area contributed by atoms with Crippen LogP contribution in [0.5, 0.6) is 5.75 Å². The standard InChI is InChI=1S/C28H40N2O3/c1-5-12-31-13-7-8-23-17-24(20-25(18-23)33-16-15-32-14-11-21(3)4)28-26-19-22(6-2)9-10-27(26)29-30-28/h9-10,17-21H,5-8,11-16H2,1-4H3,(H,29,30). The molecular formula is C28H40N2O3. The molecule has 0 spiro atoms. The van der Waals surface area contributed by atoms with Crippen molar-refractivity contribution in [1.82, 2.24) is 10.2 Å². The first-order chi connectivity index (χ1) is 16.1. The van der Waals surface area contributed by atoms with E-state index in [0.29, 0.717) is 19.1 Å². The van der Waals surface area contributed by atoms with Crippen molar-refractivity contribution in [3.63, 3.8) is 0 Å². The van der Waals surface area contributed by atoms with Gasteiger partial charge in [-0.05, 0) is 79.5 Å². The highest BCUT2D eigenvalue weighted by Gasteiger charge is 2.12. The number of hydrogen-bond donors (Lipinski definition) is 1. The summed E-state index contributed by atoms with van der Waals surface area (Å²) in [6, 6.07) is 13.0. The molecule has 1 N–H and O–H groups in total. The van der Waals surface area contributed by atoms with E-state index < -0.39 is 0 Å². The third kappa shape index (κ3) is 7.86. The van der Waals surface area contributed by atoms with Gasteiger partial charge in [-0.3, -0.25) is 5.10 Å². The van der Waals surface area contributed by atoms with Gasteiger partial charge in [0.15, 0.2) is 0 Å².